The minimum absolute atomic E-state index is 0.0175. The van der Waals surface area contributed by atoms with E-state index in [9.17, 15) is 13.2 Å². The van der Waals surface area contributed by atoms with Crippen LogP contribution in [0.25, 0.3) is 0 Å². The molecular weight excluding hydrogens is 358 g/mol. The highest BCUT2D eigenvalue weighted by molar-refractivity contribution is 9.10. The molecule has 1 aromatic rings. The number of carbonyl (C=O) groups excluding carboxylic acids is 1. The van der Waals surface area contributed by atoms with E-state index in [1.807, 2.05) is 6.92 Å². The number of benzene rings is 1. The fourth-order valence-electron chi connectivity index (χ4n) is 2.51. The second-order valence-electron chi connectivity index (χ2n) is 5.56. The summed E-state index contributed by atoms with van der Waals surface area (Å²) in [6.07, 6.45) is 2.50. The van der Waals surface area contributed by atoms with Crippen LogP contribution in [0.15, 0.2) is 27.6 Å². The van der Waals surface area contributed by atoms with E-state index in [2.05, 4.69) is 21.2 Å². The number of sulfonamides is 1. The summed E-state index contributed by atoms with van der Waals surface area (Å²) in [6.45, 7) is 1.85. The summed E-state index contributed by atoms with van der Waals surface area (Å²) < 4.78 is 23.0. The number of carbonyl (C=O) groups is 1. The van der Waals surface area contributed by atoms with Crippen LogP contribution in [0.3, 0.4) is 0 Å². The Kier molecular flexibility index (Phi) is 4.44. The van der Waals surface area contributed by atoms with E-state index in [1.165, 1.54) is 18.2 Å². The molecular formula is C13H18BrN3O3S. The fourth-order valence-corrected chi connectivity index (χ4v) is 3.68. The molecule has 0 bridgehead atoms. The van der Waals surface area contributed by atoms with Crippen LogP contribution in [0.1, 0.15) is 26.2 Å². The van der Waals surface area contributed by atoms with Gasteiger partial charge in [0.2, 0.25) is 15.9 Å². The van der Waals surface area contributed by atoms with Crippen LogP contribution in [0.4, 0.5) is 5.69 Å². The average molecular weight is 376 g/mol. The van der Waals surface area contributed by atoms with Crippen LogP contribution >= 0.6 is 15.9 Å². The lowest BCUT2D eigenvalue weighted by Crippen LogP contribution is -2.44. The van der Waals surface area contributed by atoms with Crippen LogP contribution in [-0.2, 0) is 14.8 Å². The van der Waals surface area contributed by atoms with Crippen molar-refractivity contribution in [3.8, 4) is 0 Å². The molecule has 1 aliphatic rings. The van der Waals surface area contributed by atoms with E-state index < -0.39 is 15.4 Å². The topological polar surface area (TPSA) is 115 Å². The van der Waals surface area contributed by atoms with Gasteiger partial charge in [-0.2, -0.15) is 0 Å². The highest BCUT2D eigenvalue weighted by atomic mass is 79.9. The van der Waals surface area contributed by atoms with Crippen molar-refractivity contribution in [2.75, 3.05) is 5.32 Å². The predicted octanol–water partition coefficient (Wildman–Crippen LogP) is 1.55. The number of nitrogens with two attached hydrogens (primary N) is 2. The molecule has 2 atom stereocenters. The summed E-state index contributed by atoms with van der Waals surface area (Å²) >= 11 is 3.24. The second-order valence-corrected chi connectivity index (χ2v) is 7.97. The van der Waals surface area contributed by atoms with E-state index in [0.717, 1.165) is 19.3 Å². The lowest BCUT2D eigenvalue weighted by molar-refractivity contribution is -0.125. The van der Waals surface area contributed by atoms with Crippen molar-refractivity contribution >= 4 is 37.5 Å². The first-order valence-corrected chi connectivity index (χ1v) is 8.88. The molecule has 21 heavy (non-hydrogen) atoms. The molecule has 0 aromatic heterocycles. The monoisotopic (exact) mass is 375 g/mol. The molecule has 1 fully saturated rings. The first-order valence-electron chi connectivity index (χ1n) is 6.54. The van der Waals surface area contributed by atoms with E-state index >= 15 is 0 Å². The molecule has 0 saturated heterocycles. The van der Waals surface area contributed by atoms with Gasteiger partial charge in [0.25, 0.3) is 0 Å². The third-order valence-corrected chi connectivity index (χ3v) is 5.63. The molecule has 2 unspecified atom stereocenters. The second kappa shape index (κ2) is 5.68. The van der Waals surface area contributed by atoms with Crippen molar-refractivity contribution in [3.05, 3.63) is 22.7 Å². The minimum atomic E-state index is -3.77. The molecule has 0 radical (unpaired) electrons. The third-order valence-electron chi connectivity index (χ3n) is 4.07. The maximum Gasteiger partial charge on any atom is 0.238 e. The van der Waals surface area contributed by atoms with E-state index in [1.54, 1.807) is 0 Å². The number of nitrogens with one attached hydrogen (secondary N) is 1. The van der Waals surface area contributed by atoms with Crippen molar-refractivity contribution in [1.82, 2.24) is 0 Å². The largest absolute Gasteiger partial charge is 0.327 e. The number of primary sulfonamides is 1. The van der Waals surface area contributed by atoms with Crippen molar-refractivity contribution in [2.45, 2.75) is 37.1 Å². The van der Waals surface area contributed by atoms with Gasteiger partial charge in [-0.3, -0.25) is 4.79 Å². The minimum Gasteiger partial charge on any atom is -0.327 e. The zero-order valence-electron chi connectivity index (χ0n) is 11.6. The molecule has 1 amide bonds. The summed E-state index contributed by atoms with van der Waals surface area (Å²) in [5.74, 6) is -0.156. The Morgan fingerprint density at radius 3 is 2.62 bits per heavy atom. The average Bonchev–Trinajstić information content (AvgIpc) is 2.72. The van der Waals surface area contributed by atoms with Crippen LogP contribution in [-0.4, -0.2) is 20.4 Å². The van der Waals surface area contributed by atoms with Crippen molar-refractivity contribution < 1.29 is 13.2 Å². The van der Waals surface area contributed by atoms with Gasteiger partial charge < -0.3 is 11.1 Å². The Morgan fingerprint density at radius 2 is 2.14 bits per heavy atom. The maximum absolute atomic E-state index is 12.4. The smallest absolute Gasteiger partial charge is 0.238 e. The quantitative estimate of drug-likeness (QED) is 0.742. The number of amides is 1. The number of halogens is 1. The van der Waals surface area contributed by atoms with Crippen LogP contribution < -0.4 is 16.2 Å². The van der Waals surface area contributed by atoms with E-state index in [4.69, 9.17) is 10.9 Å². The van der Waals surface area contributed by atoms with Crippen molar-refractivity contribution in [2.24, 2.45) is 16.3 Å². The highest BCUT2D eigenvalue weighted by Gasteiger charge is 2.43. The Bertz CT molecular complexity index is 677. The predicted molar refractivity (Wildman–Crippen MR) is 84.1 cm³/mol. The molecule has 0 spiro atoms. The molecule has 8 heteroatoms. The summed E-state index contributed by atoms with van der Waals surface area (Å²) in [5, 5.41) is 7.86. The number of rotatable bonds is 3. The first-order chi connectivity index (χ1) is 9.64. The molecule has 0 heterocycles. The van der Waals surface area contributed by atoms with Crippen LogP contribution in [0.2, 0.25) is 0 Å². The van der Waals surface area contributed by atoms with Crippen molar-refractivity contribution in [3.63, 3.8) is 0 Å². The van der Waals surface area contributed by atoms with E-state index in [-0.39, 0.29) is 16.8 Å². The molecule has 116 valence electrons. The summed E-state index contributed by atoms with van der Waals surface area (Å²) in [5.41, 5.74) is 5.91. The Morgan fingerprint density at radius 1 is 1.48 bits per heavy atom. The van der Waals surface area contributed by atoms with Gasteiger partial charge in [-0.15, -0.1) is 0 Å². The summed E-state index contributed by atoms with van der Waals surface area (Å²) in [4.78, 5) is 12.4. The number of hydrogen-bond donors (Lipinski definition) is 3. The van der Waals surface area contributed by atoms with Gasteiger partial charge in [-0.1, -0.05) is 6.42 Å². The lowest BCUT2D eigenvalue weighted by atomic mass is 9.84. The van der Waals surface area contributed by atoms with Crippen LogP contribution in [0, 0.1) is 5.41 Å². The standard InChI is InChI=1S/C13H18BrN3O3S/c1-13(6-2-3-11(13)15)12(18)17-10-5-4-8(7-9(10)14)21(16,19)20/h4-5,7,11H,2-3,6,15H2,1H3,(H,17,18)(H2,16,19,20). The maximum atomic E-state index is 12.4. The zero-order chi connectivity index (χ0) is 15.8. The molecule has 5 N–H and O–H groups in total. The van der Waals surface area contributed by atoms with Gasteiger partial charge in [0, 0.05) is 10.5 Å². The molecule has 2 rings (SSSR count). The summed E-state index contributed by atoms with van der Waals surface area (Å²) in [7, 11) is -3.77. The lowest BCUT2D eigenvalue weighted by Gasteiger charge is -2.27. The summed E-state index contributed by atoms with van der Waals surface area (Å²) in [6, 6.07) is 4.06. The van der Waals surface area contributed by atoms with E-state index in [0.29, 0.717) is 10.2 Å². The number of hydrogen-bond acceptors (Lipinski definition) is 4. The normalized spacial score (nSPS) is 25.8. The fraction of sp³-hybridized carbons (Fsp3) is 0.462. The number of anilines is 1. The molecule has 1 aromatic carbocycles. The molecule has 6 nitrogen and oxygen atoms in total. The van der Waals surface area contributed by atoms with Gasteiger partial charge in [-0.05, 0) is 53.9 Å². The van der Waals surface area contributed by atoms with Gasteiger partial charge >= 0.3 is 0 Å². The van der Waals surface area contributed by atoms with Crippen molar-refractivity contribution in [1.29, 1.82) is 0 Å². The van der Waals surface area contributed by atoms with Gasteiger partial charge in [0.1, 0.15) is 0 Å². The Hall–Kier alpha value is -0.960. The highest BCUT2D eigenvalue weighted by Crippen LogP contribution is 2.38. The third kappa shape index (κ3) is 3.28. The molecule has 1 saturated carbocycles. The zero-order valence-corrected chi connectivity index (χ0v) is 14.0. The van der Waals surface area contributed by atoms with Gasteiger partial charge in [-0.25, -0.2) is 13.6 Å². The Labute approximate surface area is 132 Å². The first kappa shape index (κ1) is 16.4. The van der Waals surface area contributed by atoms with Gasteiger partial charge in [0.05, 0.1) is 16.0 Å². The SMILES string of the molecule is CC1(C(=O)Nc2ccc(S(N)(=O)=O)cc2Br)CCCC1N. The van der Waals surface area contributed by atoms with Gasteiger partial charge in [0.15, 0.2) is 0 Å². The van der Waals surface area contributed by atoms with Crippen LogP contribution in [0.5, 0.6) is 0 Å². The molecule has 1 aliphatic carbocycles. The Balaban J connectivity index is 2.23. The molecule has 0 aliphatic heterocycles.